The molecule has 0 radical (unpaired) electrons. The predicted octanol–water partition coefficient (Wildman–Crippen LogP) is 4.70. The summed E-state index contributed by atoms with van der Waals surface area (Å²) in [5.74, 6) is 1.48. The number of hydrogen-bond acceptors (Lipinski definition) is 1. The van der Waals surface area contributed by atoms with Gasteiger partial charge in [-0.1, -0.05) is 58.1 Å². The van der Waals surface area contributed by atoms with Crippen LogP contribution in [0, 0.1) is 11.8 Å². The van der Waals surface area contributed by atoms with Crippen molar-refractivity contribution in [3.8, 4) is 0 Å². The van der Waals surface area contributed by atoms with Gasteiger partial charge in [-0.15, -0.1) is 0 Å². The second-order valence-corrected chi connectivity index (χ2v) is 5.80. The smallest absolute Gasteiger partial charge is 0.0605 e. The summed E-state index contributed by atoms with van der Waals surface area (Å²) in [6.45, 7) is 8.39. The van der Waals surface area contributed by atoms with Gasteiger partial charge in [0, 0.05) is 0 Å². The van der Waals surface area contributed by atoms with E-state index in [1.807, 2.05) is 0 Å². The van der Waals surface area contributed by atoms with Crippen LogP contribution in [-0.2, 0) is 0 Å². The number of unbranched alkanes of at least 4 members (excludes halogenated alkanes) is 1. The molecular formula is C16H30O. The van der Waals surface area contributed by atoms with Gasteiger partial charge in [0.15, 0.2) is 0 Å². The van der Waals surface area contributed by atoms with E-state index in [0.717, 1.165) is 18.8 Å². The van der Waals surface area contributed by atoms with Crippen LogP contribution in [0.2, 0.25) is 0 Å². The molecule has 1 atom stereocenters. The Morgan fingerprint density at radius 1 is 1.24 bits per heavy atom. The Hall–Kier alpha value is -0.300. The van der Waals surface area contributed by atoms with Crippen molar-refractivity contribution in [2.24, 2.45) is 11.8 Å². The summed E-state index contributed by atoms with van der Waals surface area (Å²) in [7, 11) is 0. The molecule has 0 aromatic heterocycles. The molecule has 100 valence electrons. The molecule has 1 aliphatic rings. The highest BCUT2D eigenvalue weighted by atomic mass is 16.3. The van der Waals surface area contributed by atoms with Crippen molar-refractivity contribution in [3.63, 3.8) is 0 Å². The molecule has 1 heteroatoms. The largest absolute Gasteiger partial charge is 0.393 e. The Labute approximate surface area is 107 Å². The van der Waals surface area contributed by atoms with Crippen LogP contribution in [-0.4, -0.2) is 11.2 Å². The predicted molar refractivity (Wildman–Crippen MR) is 75.0 cm³/mol. The fourth-order valence-electron chi connectivity index (χ4n) is 2.96. The third-order valence-electron chi connectivity index (χ3n) is 4.40. The zero-order valence-corrected chi connectivity index (χ0v) is 11.8. The first-order chi connectivity index (χ1) is 8.17. The molecule has 0 spiro atoms. The van der Waals surface area contributed by atoms with E-state index < -0.39 is 0 Å². The monoisotopic (exact) mass is 238 g/mol. The molecule has 1 unspecified atom stereocenters. The van der Waals surface area contributed by atoms with Crippen molar-refractivity contribution in [3.05, 3.63) is 12.2 Å². The molecule has 1 rings (SSSR count). The Kier molecular flexibility index (Phi) is 6.87. The quantitative estimate of drug-likeness (QED) is 0.637. The second kappa shape index (κ2) is 7.92. The van der Waals surface area contributed by atoms with Crippen LogP contribution in [0.25, 0.3) is 0 Å². The fourth-order valence-corrected chi connectivity index (χ4v) is 2.96. The van der Waals surface area contributed by atoms with Gasteiger partial charge in [-0.05, 0) is 37.5 Å². The Morgan fingerprint density at radius 3 is 2.41 bits per heavy atom. The van der Waals surface area contributed by atoms with E-state index in [0.29, 0.717) is 5.92 Å². The van der Waals surface area contributed by atoms with Gasteiger partial charge in [-0.25, -0.2) is 0 Å². The number of aliphatic hydroxyl groups excluding tert-OH is 1. The zero-order chi connectivity index (χ0) is 12.7. The summed E-state index contributed by atoms with van der Waals surface area (Å²) in [4.78, 5) is 0. The molecule has 0 aromatic carbocycles. The van der Waals surface area contributed by atoms with Gasteiger partial charge in [0.2, 0.25) is 0 Å². The molecule has 0 heterocycles. The van der Waals surface area contributed by atoms with Crippen LogP contribution in [0.5, 0.6) is 0 Å². The van der Waals surface area contributed by atoms with Gasteiger partial charge >= 0.3 is 0 Å². The maximum absolute atomic E-state index is 10.2. The van der Waals surface area contributed by atoms with Gasteiger partial charge in [0.1, 0.15) is 0 Å². The minimum Gasteiger partial charge on any atom is -0.393 e. The van der Waals surface area contributed by atoms with Gasteiger partial charge in [0.25, 0.3) is 0 Å². The number of rotatable bonds is 7. The summed E-state index contributed by atoms with van der Waals surface area (Å²) in [5, 5.41) is 10.2. The first kappa shape index (κ1) is 14.8. The number of aliphatic hydroxyl groups is 1. The first-order valence-electron chi connectivity index (χ1n) is 7.52. The molecule has 0 aromatic rings. The average Bonchev–Trinajstić information content (AvgIpc) is 2.36. The fraction of sp³-hybridized carbons (Fsp3) is 0.875. The lowest BCUT2D eigenvalue weighted by atomic mass is 9.76. The van der Waals surface area contributed by atoms with E-state index >= 15 is 0 Å². The third kappa shape index (κ3) is 5.25. The molecule has 1 saturated carbocycles. The molecule has 17 heavy (non-hydrogen) atoms. The summed E-state index contributed by atoms with van der Waals surface area (Å²) in [6.07, 6.45) is 10.9. The zero-order valence-electron chi connectivity index (χ0n) is 11.8. The Morgan fingerprint density at radius 2 is 1.88 bits per heavy atom. The molecule has 1 N–H and O–H groups in total. The SMILES string of the molecule is C=C(CC)CC(O)C1CCC(CCCC)CC1. The maximum atomic E-state index is 10.2. The van der Waals surface area contributed by atoms with Crippen LogP contribution < -0.4 is 0 Å². The van der Waals surface area contributed by atoms with E-state index in [1.54, 1.807) is 0 Å². The highest BCUT2D eigenvalue weighted by Crippen LogP contribution is 2.34. The van der Waals surface area contributed by atoms with Crippen LogP contribution in [0.1, 0.15) is 71.6 Å². The van der Waals surface area contributed by atoms with Crippen LogP contribution in [0.3, 0.4) is 0 Å². The highest BCUT2D eigenvalue weighted by molar-refractivity contribution is 4.96. The van der Waals surface area contributed by atoms with Crippen molar-refractivity contribution < 1.29 is 5.11 Å². The van der Waals surface area contributed by atoms with Crippen molar-refractivity contribution in [1.29, 1.82) is 0 Å². The topological polar surface area (TPSA) is 20.2 Å². The van der Waals surface area contributed by atoms with Crippen LogP contribution in [0.15, 0.2) is 12.2 Å². The molecule has 0 bridgehead atoms. The Bertz CT molecular complexity index is 214. The van der Waals surface area contributed by atoms with Crippen molar-refractivity contribution in [1.82, 2.24) is 0 Å². The highest BCUT2D eigenvalue weighted by Gasteiger charge is 2.26. The van der Waals surface area contributed by atoms with E-state index in [1.165, 1.54) is 50.5 Å². The van der Waals surface area contributed by atoms with Gasteiger partial charge in [-0.3, -0.25) is 0 Å². The van der Waals surface area contributed by atoms with Crippen molar-refractivity contribution >= 4 is 0 Å². The minimum absolute atomic E-state index is 0.130. The minimum atomic E-state index is -0.130. The van der Waals surface area contributed by atoms with E-state index in [4.69, 9.17) is 0 Å². The summed E-state index contributed by atoms with van der Waals surface area (Å²) in [5.41, 5.74) is 1.20. The average molecular weight is 238 g/mol. The lowest BCUT2D eigenvalue weighted by molar-refractivity contribution is 0.0722. The molecule has 0 aliphatic heterocycles. The first-order valence-corrected chi connectivity index (χ1v) is 7.52. The molecular weight excluding hydrogens is 208 g/mol. The van der Waals surface area contributed by atoms with Crippen LogP contribution >= 0.6 is 0 Å². The summed E-state index contributed by atoms with van der Waals surface area (Å²) >= 11 is 0. The molecule has 0 amide bonds. The van der Waals surface area contributed by atoms with Gasteiger partial charge in [-0.2, -0.15) is 0 Å². The molecule has 1 aliphatic carbocycles. The van der Waals surface area contributed by atoms with E-state index in [2.05, 4.69) is 20.4 Å². The van der Waals surface area contributed by atoms with Gasteiger partial charge in [0.05, 0.1) is 6.10 Å². The normalized spacial score (nSPS) is 26.8. The third-order valence-corrected chi connectivity index (χ3v) is 4.40. The lowest BCUT2D eigenvalue weighted by Crippen LogP contribution is -2.26. The maximum Gasteiger partial charge on any atom is 0.0605 e. The molecule has 1 nitrogen and oxygen atoms in total. The van der Waals surface area contributed by atoms with Crippen molar-refractivity contribution in [2.45, 2.75) is 77.7 Å². The second-order valence-electron chi connectivity index (χ2n) is 5.80. The summed E-state index contributed by atoms with van der Waals surface area (Å²) in [6, 6.07) is 0. The van der Waals surface area contributed by atoms with E-state index in [-0.39, 0.29) is 6.10 Å². The lowest BCUT2D eigenvalue weighted by Gasteiger charge is -2.31. The summed E-state index contributed by atoms with van der Waals surface area (Å²) < 4.78 is 0. The number of hydrogen-bond donors (Lipinski definition) is 1. The Balaban J connectivity index is 2.23. The van der Waals surface area contributed by atoms with Gasteiger partial charge < -0.3 is 5.11 Å². The standard InChI is InChI=1S/C16H30O/c1-4-6-7-14-8-10-15(11-9-14)16(17)12-13(3)5-2/h14-17H,3-12H2,1-2H3. The van der Waals surface area contributed by atoms with Crippen molar-refractivity contribution in [2.75, 3.05) is 0 Å². The molecule has 1 fully saturated rings. The molecule has 0 saturated heterocycles. The van der Waals surface area contributed by atoms with Crippen LogP contribution in [0.4, 0.5) is 0 Å². The van der Waals surface area contributed by atoms with E-state index in [9.17, 15) is 5.11 Å².